The second-order valence-electron chi connectivity index (χ2n) is 7.21. The van der Waals surface area contributed by atoms with E-state index in [0.717, 1.165) is 13.1 Å². The topological polar surface area (TPSA) is 65.5 Å². The summed E-state index contributed by atoms with van der Waals surface area (Å²) in [6, 6.07) is 11.3. The number of hydrogen-bond donors (Lipinski definition) is 1. The number of para-hydroxylation sites is 2. The molecule has 1 saturated heterocycles. The molecule has 1 unspecified atom stereocenters. The van der Waals surface area contributed by atoms with Gasteiger partial charge in [0.2, 0.25) is 5.91 Å². The molecule has 4 rings (SSSR count). The van der Waals surface area contributed by atoms with Gasteiger partial charge in [-0.1, -0.05) is 18.6 Å². The molecule has 6 heteroatoms. The van der Waals surface area contributed by atoms with Crippen LogP contribution in [0.2, 0.25) is 0 Å². The van der Waals surface area contributed by atoms with Gasteiger partial charge in [-0.2, -0.15) is 0 Å². The summed E-state index contributed by atoms with van der Waals surface area (Å²) in [5, 5.41) is 2.89. The summed E-state index contributed by atoms with van der Waals surface area (Å²) in [4.78, 5) is 34.2. The second-order valence-corrected chi connectivity index (χ2v) is 7.21. The van der Waals surface area contributed by atoms with E-state index in [2.05, 4.69) is 22.1 Å². The predicted octanol–water partition coefficient (Wildman–Crippen LogP) is 3.58. The van der Waals surface area contributed by atoms with Crippen LogP contribution >= 0.6 is 0 Å². The molecule has 2 aromatic rings. The van der Waals surface area contributed by atoms with Crippen molar-refractivity contribution in [2.75, 3.05) is 23.3 Å². The molecule has 0 aliphatic carbocycles. The molecule has 0 spiro atoms. The van der Waals surface area contributed by atoms with Crippen LogP contribution in [0.1, 0.15) is 43.0 Å². The molecule has 1 atom stereocenters. The zero-order valence-corrected chi connectivity index (χ0v) is 15.5. The van der Waals surface area contributed by atoms with Gasteiger partial charge in [0, 0.05) is 25.2 Å². The van der Waals surface area contributed by atoms with E-state index >= 15 is 0 Å². The Hall–Kier alpha value is -2.73. The number of pyridine rings is 1. The first-order chi connectivity index (χ1) is 13.1. The zero-order valence-electron chi connectivity index (χ0n) is 15.5. The van der Waals surface area contributed by atoms with Crippen molar-refractivity contribution in [3.63, 3.8) is 0 Å². The third kappa shape index (κ3) is 3.45. The molecule has 27 heavy (non-hydrogen) atoms. The number of hydrogen-bond acceptors (Lipinski definition) is 4. The molecule has 0 saturated carbocycles. The van der Waals surface area contributed by atoms with Gasteiger partial charge in [0.15, 0.2) is 5.82 Å². The molecule has 2 aliphatic rings. The number of amides is 2. The fourth-order valence-corrected chi connectivity index (χ4v) is 3.92. The van der Waals surface area contributed by atoms with Gasteiger partial charge < -0.3 is 10.2 Å². The second kappa shape index (κ2) is 7.48. The van der Waals surface area contributed by atoms with Gasteiger partial charge in [0.1, 0.15) is 0 Å². The minimum Gasteiger partial charge on any atom is -0.320 e. The number of aromatic nitrogens is 1. The van der Waals surface area contributed by atoms with Crippen molar-refractivity contribution in [2.24, 2.45) is 0 Å². The maximum Gasteiger partial charge on any atom is 0.259 e. The fraction of sp³-hybridized carbons (Fsp3) is 0.381. The molecule has 2 aliphatic heterocycles. The average Bonchev–Trinajstić information content (AvgIpc) is 2.81. The lowest BCUT2D eigenvalue weighted by Crippen LogP contribution is -2.40. The van der Waals surface area contributed by atoms with Gasteiger partial charge in [0.05, 0.1) is 16.9 Å². The maximum absolute atomic E-state index is 13.3. The standard InChI is InChI=1S/C21H24N4O2/c1-15-7-4-5-13-24(15)14-11-19(26)25-18-10-3-2-9-17(18)23-21(27)16-8-6-12-22-20(16)25/h2-3,6,8-10,12,15H,4-5,7,11,13-14H2,1H3,(H,23,27). The summed E-state index contributed by atoms with van der Waals surface area (Å²) < 4.78 is 0. The quantitative estimate of drug-likeness (QED) is 0.904. The van der Waals surface area contributed by atoms with Crippen LogP contribution in [0.15, 0.2) is 42.6 Å². The molecule has 1 aromatic heterocycles. The number of likely N-dealkylation sites (tertiary alicyclic amines) is 1. The van der Waals surface area contributed by atoms with Crippen LogP contribution in [0, 0.1) is 0 Å². The smallest absolute Gasteiger partial charge is 0.259 e. The molecule has 0 bridgehead atoms. The first kappa shape index (κ1) is 17.7. The Morgan fingerprint density at radius 2 is 2.07 bits per heavy atom. The van der Waals surface area contributed by atoms with E-state index in [1.54, 1.807) is 23.2 Å². The largest absolute Gasteiger partial charge is 0.320 e. The first-order valence-corrected chi connectivity index (χ1v) is 9.57. The van der Waals surface area contributed by atoms with Gasteiger partial charge in [-0.3, -0.25) is 14.5 Å². The number of nitrogens with zero attached hydrogens (tertiary/aromatic N) is 3. The Kier molecular flexibility index (Phi) is 4.90. The van der Waals surface area contributed by atoms with E-state index in [9.17, 15) is 9.59 Å². The van der Waals surface area contributed by atoms with Crippen molar-refractivity contribution in [2.45, 2.75) is 38.6 Å². The Labute approximate surface area is 159 Å². The first-order valence-electron chi connectivity index (χ1n) is 9.57. The van der Waals surface area contributed by atoms with Crippen molar-refractivity contribution in [1.82, 2.24) is 9.88 Å². The highest BCUT2D eigenvalue weighted by atomic mass is 16.2. The van der Waals surface area contributed by atoms with Gasteiger partial charge in [-0.25, -0.2) is 4.98 Å². The average molecular weight is 364 g/mol. The van der Waals surface area contributed by atoms with Crippen LogP contribution in [-0.2, 0) is 4.79 Å². The van der Waals surface area contributed by atoms with Gasteiger partial charge in [-0.15, -0.1) is 0 Å². The van der Waals surface area contributed by atoms with Crippen molar-refractivity contribution in [3.8, 4) is 0 Å². The number of benzene rings is 1. The summed E-state index contributed by atoms with van der Waals surface area (Å²) >= 11 is 0. The van der Waals surface area contributed by atoms with Crippen LogP contribution in [0.25, 0.3) is 0 Å². The lowest BCUT2D eigenvalue weighted by atomic mass is 10.0. The monoisotopic (exact) mass is 364 g/mol. The Balaban J connectivity index is 1.65. The van der Waals surface area contributed by atoms with Crippen LogP contribution in [-0.4, -0.2) is 40.8 Å². The molecule has 0 radical (unpaired) electrons. The fourth-order valence-electron chi connectivity index (χ4n) is 3.92. The Morgan fingerprint density at radius 3 is 2.93 bits per heavy atom. The highest BCUT2D eigenvalue weighted by molar-refractivity contribution is 6.16. The molecule has 1 fully saturated rings. The molecule has 2 amide bonds. The summed E-state index contributed by atoms with van der Waals surface area (Å²) in [6.45, 7) is 3.99. The molecular formula is C21H24N4O2. The minimum atomic E-state index is -0.245. The van der Waals surface area contributed by atoms with E-state index in [4.69, 9.17) is 0 Å². The number of nitrogens with one attached hydrogen (secondary N) is 1. The maximum atomic E-state index is 13.3. The predicted molar refractivity (Wildman–Crippen MR) is 105 cm³/mol. The number of fused-ring (bicyclic) bond motifs is 2. The van der Waals surface area contributed by atoms with E-state index in [-0.39, 0.29) is 11.8 Å². The molecule has 1 N–H and O–H groups in total. The molecule has 3 heterocycles. The molecule has 1 aromatic carbocycles. The van der Waals surface area contributed by atoms with E-state index < -0.39 is 0 Å². The van der Waals surface area contributed by atoms with E-state index in [0.29, 0.717) is 35.2 Å². The van der Waals surface area contributed by atoms with Gasteiger partial charge in [0.25, 0.3) is 5.91 Å². The van der Waals surface area contributed by atoms with Crippen LogP contribution in [0.5, 0.6) is 0 Å². The molecule has 140 valence electrons. The number of carbonyl (C=O) groups excluding carboxylic acids is 2. The lowest BCUT2D eigenvalue weighted by molar-refractivity contribution is -0.118. The van der Waals surface area contributed by atoms with E-state index in [1.165, 1.54) is 19.3 Å². The van der Waals surface area contributed by atoms with Gasteiger partial charge in [-0.05, 0) is 50.6 Å². The van der Waals surface area contributed by atoms with Gasteiger partial charge >= 0.3 is 0 Å². The summed E-state index contributed by atoms with van der Waals surface area (Å²) in [5.41, 5.74) is 1.70. The molecule has 6 nitrogen and oxygen atoms in total. The number of rotatable bonds is 3. The zero-order chi connectivity index (χ0) is 18.8. The SMILES string of the molecule is CC1CCCCN1CCC(=O)N1c2ccccc2NC(=O)c2cccnc21. The van der Waals surface area contributed by atoms with Crippen molar-refractivity contribution in [1.29, 1.82) is 0 Å². The third-order valence-corrected chi connectivity index (χ3v) is 5.44. The third-order valence-electron chi connectivity index (χ3n) is 5.44. The van der Waals surface area contributed by atoms with Crippen LogP contribution in [0.3, 0.4) is 0 Å². The van der Waals surface area contributed by atoms with Crippen molar-refractivity contribution < 1.29 is 9.59 Å². The van der Waals surface area contributed by atoms with Crippen molar-refractivity contribution in [3.05, 3.63) is 48.2 Å². The Bertz CT molecular complexity index is 867. The number of piperidine rings is 1. The lowest BCUT2D eigenvalue weighted by Gasteiger charge is -2.33. The number of anilines is 3. The molecular weight excluding hydrogens is 340 g/mol. The highest BCUT2D eigenvalue weighted by Gasteiger charge is 2.30. The highest BCUT2D eigenvalue weighted by Crippen LogP contribution is 2.36. The number of carbonyl (C=O) groups is 2. The van der Waals surface area contributed by atoms with E-state index in [1.807, 2.05) is 24.3 Å². The normalized spacial score (nSPS) is 19.7. The summed E-state index contributed by atoms with van der Waals surface area (Å²) in [7, 11) is 0. The van der Waals surface area contributed by atoms with Crippen molar-refractivity contribution >= 4 is 29.0 Å². The van der Waals surface area contributed by atoms with Crippen LogP contribution < -0.4 is 10.2 Å². The summed E-state index contributed by atoms with van der Waals surface area (Å²) in [6.07, 6.45) is 5.64. The summed E-state index contributed by atoms with van der Waals surface area (Å²) in [5.74, 6) is 0.110. The Morgan fingerprint density at radius 1 is 1.22 bits per heavy atom. The van der Waals surface area contributed by atoms with Crippen LogP contribution in [0.4, 0.5) is 17.2 Å². The minimum absolute atomic E-state index is 0.0447.